The first-order valence-electron chi connectivity index (χ1n) is 4.80. The van der Waals surface area contributed by atoms with Crippen molar-refractivity contribution in [2.45, 2.75) is 6.92 Å². The van der Waals surface area contributed by atoms with E-state index in [2.05, 4.69) is 9.97 Å². The lowest BCUT2D eigenvalue weighted by Gasteiger charge is -1.94. The lowest BCUT2D eigenvalue weighted by molar-refractivity contribution is 0.368. The molecule has 0 saturated carbocycles. The van der Waals surface area contributed by atoms with Gasteiger partial charge in [0.15, 0.2) is 0 Å². The zero-order valence-corrected chi connectivity index (χ0v) is 9.00. The van der Waals surface area contributed by atoms with E-state index < -0.39 is 7.25 Å². The second-order valence-electron chi connectivity index (χ2n) is 3.28. The molecule has 0 aliphatic heterocycles. The molecule has 0 fully saturated rings. The van der Waals surface area contributed by atoms with Crippen LogP contribution >= 0.6 is 0 Å². The van der Waals surface area contributed by atoms with E-state index in [-0.39, 0.29) is 0 Å². The number of hydrogen-bond donors (Lipinski definition) is 1. The number of nitrogens with zero attached hydrogens (tertiary/aromatic N) is 1. The zero-order chi connectivity index (χ0) is 12.9. The standard InChI is InChI=1S/C10H10N2.BF4/c1-8-7-11-10(12-8)9-5-3-2-4-6-9;2-1(3,4)5/h2-7H,1H3,(H,11,12);/q;-1. The molecule has 1 aromatic heterocycles. The van der Waals surface area contributed by atoms with Crippen LogP contribution in [0.2, 0.25) is 0 Å². The molecule has 0 aliphatic rings. The van der Waals surface area contributed by atoms with E-state index in [1.165, 1.54) is 0 Å². The van der Waals surface area contributed by atoms with Crippen molar-refractivity contribution in [2.75, 3.05) is 0 Å². The minimum absolute atomic E-state index is 0.938. The van der Waals surface area contributed by atoms with Gasteiger partial charge in [0.1, 0.15) is 5.82 Å². The second kappa shape index (κ2) is 5.52. The van der Waals surface area contributed by atoms with E-state index >= 15 is 0 Å². The molecule has 0 radical (unpaired) electrons. The van der Waals surface area contributed by atoms with Crippen molar-refractivity contribution < 1.29 is 17.3 Å². The minimum atomic E-state index is -6.00. The Labute approximate surface area is 95.8 Å². The highest BCUT2D eigenvalue weighted by atomic mass is 19.5. The summed E-state index contributed by atoms with van der Waals surface area (Å²) in [5.41, 5.74) is 2.22. The summed E-state index contributed by atoms with van der Waals surface area (Å²) in [6.07, 6.45) is 1.84. The molecule has 92 valence electrons. The summed E-state index contributed by atoms with van der Waals surface area (Å²) < 4.78 is 39.0. The maximum atomic E-state index is 9.75. The lowest BCUT2D eigenvalue weighted by atomic mass is 10.2. The van der Waals surface area contributed by atoms with Crippen molar-refractivity contribution in [1.29, 1.82) is 0 Å². The Morgan fingerprint density at radius 1 is 1.06 bits per heavy atom. The third-order valence-electron chi connectivity index (χ3n) is 1.75. The van der Waals surface area contributed by atoms with Crippen molar-refractivity contribution in [3.8, 4) is 11.4 Å². The summed E-state index contributed by atoms with van der Waals surface area (Å²) in [5.74, 6) is 0.938. The summed E-state index contributed by atoms with van der Waals surface area (Å²) in [5, 5.41) is 0. The van der Waals surface area contributed by atoms with E-state index in [9.17, 15) is 17.3 Å². The molecule has 2 rings (SSSR count). The molecule has 0 unspecified atom stereocenters. The molecule has 17 heavy (non-hydrogen) atoms. The molecular weight excluding hydrogens is 235 g/mol. The van der Waals surface area contributed by atoms with Crippen LogP contribution in [0.15, 0.2) is 36.5 Å². The molecule has 0 spiro atoms. The molecule has 0 aliphatic carbocycles. The molecular formula is C10H10BF4N2-. The summed E-state index contributed by atoms with van der Waals surface area (Å²) in [4.78, 5) is 7.41. The number of aromatic amines is 1. The molecule has 1 N–H and O–H groups in total. The number of aromatic nitrogens is 2. The zero-order valence-electron chi connectivity index (χ0n) is 9.00. The fourth-order valence-corrected chi connectivity index (χ4v) is 1.16. The normalized spacial score (nSPS) is 10.6. The van der Waals surface area contributed by atoms with Crippen LogP contribution in [0.1, 0.15) is 5.69 Å². The molecule has 0 atom stereocenters. The van der Waals surface area contributed by atoms with Gasteiger partial charge in [0, 0.05) is 17.5 Å². The van der Waals surface area contributed by atoms with Gasteiger partial charge in [-0.25, -0.2) is 4.98 Å². The number of hydrogen-bond acceptors (Lipinski definition) is 1. The fourth-order valence-electron chi connectivity index (χ4n) is 1.16. The minimum Gasteiger partial charge on any atom is -0.418 e. The fraction of sp³-hybridized carbons (Fsp3) is 0.100. The van der Waals surface area contributed by atoms with E-state index in [0.717, 1.165) is 17.1 Å². The molecule has 0 saturated heterocycles. The molecule has 7 heteroatoms. The summed E-state index contributed by atoms with van der Waals surface area (Å²) in [7, 11) is -6.00. The highest BCUT2D eigenvalue weighted by molar-refractivity contribution is 6.50. The van der Waals surface area contributed by atoms with Gasteiger partial charge in [-0.3, -0.25) is 0 Å². The summed E-state index contributed by atoms with van der Waals surface area (Å²) in [6, 6.07) is 10.1. The Morgan fingerprint density at radius 2 is 1.59 bits per heavy atom. The van der Waals surface area contributed by atoms with Crippen molar-refractivity contribution in [2.24, 2.45) is 0 Å². The third kappa shape index (κ3) is 5.74. The number of imidazole rings is 1. The quantitative estimate of drug-likeness (QED) is 0.602. The Balaban J connectivity index is 0.000000249. The highest BCUT2D eigenvalue weighted by Gasteiger charge is 2.20. The van der Waals surface area contributed by atoms with Gasteiger partial charge in [-0.05, 0) is 6.92 Å². The second-order valence-corrected chi connectivity index (χ2v) is 3.28. The Hall–Kier alpha value is -1.79. The Bertz CT molecular complexity index is 447. The first-order chi connectivity index (χ1) is 7.86. The van der Waals surface area contributed by atoms with Gasteiger partial charge < -0.3 is 22.2 Å². The maximum Gasteiger partial charge on any atom is 0.673 e. The van der Waals surface area contributed by atoms with Crippen LogP contribution in [0, 0.1) is 6.92 Å². The Morgan fingerprint density at radius 3 is 2.00 bits per heavy atom. The van der Waals surface area contributed by atoms with E-state index in [1.807, 2.05) is 43.5 Å². The number of H-pyrrole nitrogens is 1. The van der Waals surface area contributed by atoms with Crippen molar-refractivity contribution in [3.05, 3.63) is 42.2 Å². The number of nitrogens with one attached hydrogen (secondary N) is 1. The van der Waals surface area contributed by atoms with Crippen LogP contribution < -0.4 is 0 Å². The van der Waals surface area contributed by atoms with E-state index in [4.69, 9.17) is 0 Å². The van der Waals surface area contributed by atoms with Gasteiger partial charge in [-0.1, -0.05) is 30.3 Å². The van der Waals surface area contributed by atoms with E-state index in [1.54, 1.807) is 0 Å². The van der Waals surface area contributed by atoms with Gasteiger partial charge >= 0.3 is 7.25 Å². The summed E-state index contributed by atoms with van der Waals surface area (Å²) >= 11 is 0. The van der Waals surface area contributed by atoms with Gasteiger partial charge in [0.05, 0.1) is 0 Å². The number of halogens is 4. The number of aryl methyl sites for hydroxylation is 1. The predicted molar refractivity (Wildman–Crippen MR) is 58.9 cm³/mol. The van der Waals surface area contributed by atoms with Crippen LogP contribution in [0.4, 0.5) is 17.3 Å². The molecule has 0 bridgehead atoms. The van der Waals surface area contributed by atoms with Crippen molar-refractivity contribution in [3.63, 3.8) is 0 Å². The first kappa shape index (κ1) is 13.3. The largest absolute Gasteiger partial charge is 0.673 e. The van der Waals surface area contributed by atoms with Gasteiger partial charge in [0.2, 0.25) is 0 Å². The van der Waals surface area contributed by atoms with E-state index in [0.29, 0.717) is 0 Å². The maximum absolute atomic E-state index is 9.75. The third-order valence-corrected chi connectivity index (χ3v) is 1.75. The van der Waals surface area contributed by atoms with Crippen molar-refractivity contribution >= 4 is 7.25 Å². The van der Waals surface area contributed by atoms with Crippen LogP contribution in [-0.4, -0.2) is 17.2 Å². The SMILES string of the molecule is Cc1cnc(-c2ccccc2)[nH]1.F[B-](F)(F)F. The first-order valence-corrected chi connectivity index (χ1v) is 4.80. The molecule has 1 aromatic carbocycles. The Kier molecular flexibility index (Phi) is 4.31. The van der Waals surface area contributed by atoms with Gasteiger partial charge in [-0.2, -0.15) is 0 Å². The van der Waals surface area contributed by atoms with Crippen LogP contribution in [0.25, 0.3) is 11.4 Å². The average Bonchev–Trinajstić information content (AvgIpc) is 2.64. The molecule has 2 aromatic rings. The number of rotatable bonds is 1. The monoisotopic (exact) mass is 245 g/mol. The predicted octanol–water partition coefficient (Wildman–Crippen LogP) is 3.69. The lowest BCUT2D eigenvalue weighted by Crippen LogP contribution is -2.02. The molecule has 1 heterocycles. The van der Waals surface area contributed by atoms with Crippen molar-refractivity contribution in [1.82, 2.24) is 9.97 Å². The van der Waals surface area contributed by atoms with Gasteiger partial charge in [0.25, 0.3) is 0 Å². The average molecular weight is 245 g/mol. The van der Waals surface area contributed by atoms with Crippen LogP contribution in [-0.2, 0) is 0 Å². The molecule has 2 nitrogen and oxygen atoms in total. The topological polar surface area (TPSA) is 28.7 Å². The van der Waals surface area contributed by atoms with Crippen LogP contribution in [0.3, 0.4) is 0 Å². The highest BCUT2D eigenvalue weighted by Crippen LogP contribution is 2.13. The molecule has 0 amide bonds. The van der Waals surface area contributed by atoms with Gasteiger partial charge in [-0.15, -0.1) is 0 Å². The van der Waals surface area contributed by atoms with Crippen LogP contribution in [0.5, 0.6) is 0 Å². The smallest absolute Gasteiger partial charge is 0.418 e. The summed E-state index contributed by atoms with van der Waals surface area (Å²) in [6.45, 7) is 2.00. The number of benzene rings is 1.